The monoisotopic (exact) mass is 284 g/mol. The van der Waals surface area contributed by atoms with E-state index < -0.39 is 5.82 Å². The maximum Gasteiger partial charge on any atom is 0.250 e. The van der Waals surface area contributed by atoms with Crippen LogP contribution in [0.5, 0.6) is 5.88 Å². The number of pyridine rings is 1. The Morgan fingerprint density at radius 1 is 1.30 bits per heavy atom. The molecule has 0 bridgehead atoms. The highest BCUT2D eigenvalue weighted by Gasteiger charge is 2.10. The molecule has 0 radical (unpaired) electrons. The predicted octanol–water partition coefficient (Wildman–Crippen LogP) is 2.91. The second-order valence-electron chi connectivity index (χ2n) is 4.94. The van der Waals surface area contributed by atoms with Crippen molar-refractivity contribution in [3.8, 4) is 5.88 Å². The third kappa shape index (κ3) is 6.30. The minimum Gasteiger partial charge on any atom is -0.473 e. The van der Waals surface area contributed by atoms with Crippen LogP contribution in [0.15, 0.2) is 12.3 Å². The van der Waals surface area contributed by atoms with Crippen LogP contribution < -0.4 is 10.1 Å². The van der Waals surface area contributed by atoms with Crippen LogP contribution in [0.4, 0.5) is 4.39 Å². The van der Waals surface area contributed by atoms with Gasteiger partial charge in [0.1, 0.15) is 6.61 Å². The Morgan fingerprint density at radius 3 is 2.80 bits per heavy atom. The van der Waals surface area contributed by atoms with E-state index in [1.54, 1.807) is 12.3 Å². The van der Waals surface area contributed by atoms with Crippen molar-refractivity contribution < 1.29 is 13.9 Å². The Kier molecular flexibility index (Phi) is 8.14. The molecule has 0 aromatic carbocycles. The maximum atomic E-state index is 14.1. The number of nitrogens with zero attached hydrogens (tertiary/aromatic N) is 1. The summed E-state index contributed by atoms with van der Waals surface area (Å²) in [4.78, 5) is 3.92. The molecule has 0 saturated heterocycles. The molecule has 4 nitrogen and oxygen atoms in total. The van der Waals surface area contributed by atoms with Gasteiger partial charge in [-0.2, -0.15) is 0 Å². The Bertz CT molecular complexity index is 386. The normalized spacial score (nSPS) is 11.1. The van der Waals surface area contributed by atoms with E-state index in [0.29, 0.717) is 38.0 Å². The number of nitrogens with one attached hydrogen (secondary N) is 1. The number of aromatic nitrogens is 1. The summed E-state index contributed by atoms with van der Waals surface area (Å²) in [6, 6.07) is 1.97. The van der Waals surface area contributed by atoms with E-state index >= 15 is 0 Å². The SMILES string of the molecule is CCCCOCCOc1nccc(CNC(C)C)c1F. The Labute approximate surface area is 120 Å². The summed E-state index contributed by atoms with van der Waals surface area (Å²) in [6.45, 7) is 8.10. The second kappa shape index (κ2) is 9.66. The number of halogens is 1. The van der Waals surface area contributed by atoms with Gasteiger partial charge in [0.05, 0.1) is 6.61 Å². The van der Waals surface area contributed by atoms with E-state index in [2.05, 4.69) is 17.2 Å². The Balaban J connectivity index is 2.39. The highest BCUT2D eigenvalue weighted by Crippen LogP contribution is 2.17. The molecule has 20 heavy (non-hydrogen) atoms. The lowest BCUT2D eigenvalue weighted by Gasteiger charge is -2.11. The fourth-order valence-electron chi connectivity index (χ4n) is 1.56. The van der Waals surface area contributed by atoms with Crippen molar-refractivity contribution in [1.82, 2.24) is 10.3 Å². The van der Waals surface area contributed by atoms with Crippen molar-refractivity contribution in [2.45, 2.75) is 46.2 Å². The zero-order valence-corrected chi connectivity index (χ0v) is 12.6. The summed E-state index contributed by atoms with van der Waals surface area (Å²) >= 11 is 0. The van der Waals surface area contributed by atoms with Gasteiger partial charge in [-0.05, 0) is 12.5 Å². The molecule has 0 fully saturated rings. The van der Waals surface area contributed by atoms with Gasteiger partial charge in [-0.1, -0.05) is 27.2 Å². The van der Waals surface area contributed by atoms with Gasteiger partial charge in [0, 0.05) is 31.0 Å². The van der Waals surface area contributed by atoms with Crippen molar-refractivity contribution in [2.24, 2.45) is 0 Å². The molecule has 0 amide bonds. The van der Waals surface area contributed by atoms with Crippen LogP contribution >= 0.6 is 0 Å². The quantitative estimate of drug-likeness (QED) is 0.671. The van der Waals surface area contributed by atoms with Crippen LogP contribution in [0, 0.1) is 5.82 Å². The number of hydrogen-bond acceptors (Lipinski definition) is 4. The zero-order valence-electron chi connectivity index (χ0n) is 12.6. The summed E-state index contributed by atoms with van der Waals surface area (Å²) < 4.78 is 24.8. The fraction of sp³-hybridized carbons (Fsp3) is 0.667. The van der Waals surface area contributed by atoms with Gasteiger partial charge in [0.2, 0.25) is 0 Å². The summed E-state index contributed by atoms with van der Waals surface area (Å²) in [5.74, 6) is -0.346. The van der Waals surface area contributed by atoms with Crippen molar-refractivity contribution in [2.75, 3.05) is 19.8 Å². The maximum absolute atomic E-state index is 14.1. The number of unbranched alkanes of at least 4 members (excludes halogenated alkanes) is 1. The van der Waals surface area contributed by atoms with Gasteiger partial charge in [-0.3, -0.25) is 0 Å². The third-order valence-electron chi connectivity index (χ3n) is 2.75. The van der Waals surface area contributed by atoms with E-state index in [0.717, 1.165) is 12.8 Å². The smallest absolute Gasteiger partial charge is 0.250 e. The summed E-state index contributed by atoms with van der Waals surface area (Å²) in [6.07, 6.45) is 3.69. The molecule has 5 heteroatoms. The van der Waals surface area contributed by atoms with Crippen molar-refractivity contribution >= 4 is 0 Å². The van der Waals surface area contributed by atoms with Crippen LogP contribution in [0.1, 0.15) is 39.2 Å². The highest BCUT2D eigenvalue weighted by molar-refractivity contribution is 5.23. The molecular formula is C15H25FN2O2. The zero-order chi connectivity index (χ0) is 14.8. The lowest BCUT2D eigenvalue weighted by atomic mass is 10.2. The molecule has 0 atom stereocenters. The van der Waals surface area contributed by atoms with Gasteiger partial charge in [-0.15, -0.1) is 0 Å². The largest absolute Gasteiger partial charge is 0.473 e. The molecule has 0 unspecified atom stereocenters. The molecule has 0 saturated carbocycles. The summed E-state index contributed by atoms with van der Waals surface area (Å²) in [5, 5.41) is 3.17. The van der Waals surface area contributed by atoms with Crippen molar-refractivity contribution in [3.63, 3.8) is 0 Å². The van der Waals surface area contributed by atoms with E-state index in [9.17, 15) is 4.39 Å². The topological polar surface area (TPSA) is 43.4 Å². The lowest BCUT2D eigenvalue weighted by molar-refractivity contribution is 0.0948. The molecular weight excluding hydrogens is 259 g/mol. The fourth-order valence-corrected chi connectivity index (χ4v) is 1.56. The van der Waals surface area contributed by atoms with Crippen molar-refractivity contribution in [1.29, 1.82) is 0 Å². The molecule has 0 spiro atoms. The number of ether oxygens (including phenoxy) is 2. The van der Waals surface area contributed by atoms with Crippen LogP contribution in [0.3, 0.4) is 0 Å². The predicted molar refractivity (Wildman–Crippen MR) is 77.4 cm³/mol. The first kappa shape index (κ1) is 16.9. The average Bonchev–Trinajstić information content (AvgIpc) is 2.43. The molecule has 1 aromatic rings. The average molecular weight is 284 g/mol. The summed E-state index contributed by atoms with van der Waals surface area (Å²) in [5.41, 5.74) is 0.565. The Hall–Kier alpha value is -1.20. The number of rotatable bonds is 10. The van der Waals surface area contributed by atoms with Crippen LogP contribution in [-0.2, 0) is 11.3 Å². The van der Waals surface area contributed by atoms with E-state index in [-0.39, 0.29) is 5.88 Å². The molecule has 1 rings (SSSR count). The molecule has 0 aliphatic rings. The molecule has 114 valence electrons. The van der Waals surface area contributed by atoms with Crippen molar-refractivity contribution in [3.05, 3.63) is 23.6 Å². The first-order chi connectivity index (χ1) is 9.65. The minimum absolute atomic E-state index is 0.0483. The van der Waals surface area contributed by atoms with Gasteiger partial charge in [-0.25, -0.2) is 9.37 Å². The van der Waals surface area contributed by atoms with Gasteiger partial charge < -0.3 is 14.8 Å². The second-order valence-corrected chi connectivity index (χ2v) is 4.94. The Morgan fingerprint density at radius 2 is 2.10 bits per heavy atom. The molecule has 0 aliphatic heterocycles. The van der Waals surface area contributed by atoms with E-state index in [4.69, 9.17) is 9.47 Å². The van der Waals surface area contributed by atoms with Crippen LogP contribution in [0.25, 0.3) is 0 Å². The van der Waals surface area contributed by atoms with Crippen LogP contribution in [-0.4, -0.2) is 30.8 Å². The summed E-state index contributed by atoms with van der Waals surface area (Å²) in [7, 11) is 0. The molecule has 1 aromatic heterocycles. The number of hydrogen-bond donors (Lipinski definition) is 1. The molecule has 1 heterocycles. The molecule has 0 aliphatic carbocycles. The first-order valence-corrected chi connectivity index (χ1v) is 7.22. The van der Waals surface area contributed by atoms with Gasteiger partial charge >= 0.3 is 0 Å². The standard InChI is InChI=1S/C15H25FN2O2/c1-4-5-8-19-9-10-20-15-14(16)13(6-7-17-15)11-18-12(2)3/h6-7,12,18H,4-5,8-11H2,1-3H3. The lowest BCUT2D eigenvalue weighted by Crippen LogP contribution is -2.22. The minimum atomic E-state index is -0.394. The first-order valence-electron chi connectivity index (χ1n) is 7.22. The van der Waals surface area contributed by atoms with Crippen LogP contribution in [0.2, 0.25) is 0 Å². The van der Waals surface area contributed by atoms with E-state index in [1.807, 2.05) is 13.8 Å². The third-order valence-corrected chi connectivity index (χ3v) is 2.75. The van der Waals surface area contributed by atoms with E-state index in [1.165, 1.54) is 0 Å². The highest BCUT2D eigenvalue weighted by atomic mass is 19.1. The molecule has 1 N–H and O–H groups in total. The van der Waals surface area contributed by atoms with Gasteiger partial charge in [0.15, 0.2) is 5.82 Å². The van der Waals surface area contributed by atoms with Gasteiger partial charge in [0.25, 0.3) is 5.88 Å².